The van der Waals surface area contributed by atoms with Crippen LogP contribution in [0.5, 0.6) is 0 Å². The Labute approximate surface area is 180 Å². The molecule has 0 bridgehead atoms. The van der Waals surface area contributed by atoms with Gasteiger partial charge in [-0.2, -0.15) is 0 Å². The highest BCUT2D eigenvalue weighted by Crippen LogP contribution is 2.27. The third kappa shape index (κ3) is 5.02. The highest BCUT2D eigenvalue weighted by Gasteiger charge is 2.39. The van der Waals surface area contributed by atoms with Crippen molar-refractivity contribution in [2.45, 2.75) is 51.2 Å². The Hall–Kier alpha value is -2.37. The lowest BCUT2D eigenvalue weighted by atomic mass is 9.94. The topological polar surface area (TPSA) is 47.6 Å². The largest absolute Gasteiger partial charge is 0.353 e. The van der Waals surface area contributed by atoms with E-state index in [-0.39, 0.29) is 23.9 Å². The third-order valence-corrected chi connectivity index (χ3v) is 6.42. The van der Waals surface area contributed by atoms with Crippen molar-refractivity contribution in [1.82, 2.24) is 15.6 Å². The minimum Gasteiger partial charge on any atom is -0.353 e. The molecule has 4 rings (SSSR count). The second-order valence-corrected chi connectivity index (χ2v) is 8.57. The van der Waals surface area contributed by atoms with Gasteiger partial charge in [0.05, 0.1) is 17.6 Å². The highest BCUT2D eigenvalue weighted by molar-refractivity contribution is 5.81. The van der Waals surface area contributed by atoms with Crippen LogP contribution < -0.4 is 15.8 Å². The van der Waals surface area contributed by atoms with Crippen molar-refractivity contribution in [1.29, 1.82) is 0 Å². The van der Waals surface area contributed by atoms with Crippen LogP contribution in [0.1, 0.15) is 38.2 Å². The van der Waals surface area contributed by atoms with Crippen LogP contribution in [-0.4, -0.2) is 42.5 Å². The number of hydrogen-bond donors (Lipinski definition) is 2. The first-order chi connectivity index (χ1) is 14.7. The summed E-state index contributed by atoms with van der Waals surface area (Å²) in [5.41, 5.74) is 5.98. The Bertz CT molecular complexity index is 789. The highest BCUT2D eigenvalue weighted by atomic mass is 16.2. The summed E-state index contributed by atoms with van der Waals surface area (Å²) in [6.45, 7) is 5.98. The predicted molar refractivity (Wildman–Crippen MR) is 122 cm³/mol. The van der Waals surface area contributed by atoms with E-state index in [1.807, 2.05) is 6.07 Å². The van der Waals surface area contributed by atoms with Crippen molar-refractivity contribution < 1.29 is 4.79 Å². The molecule has 5 nitrogen and oxygen atoms in total. The van der Waals surface area contributed by atoms with Crippen molar-refractivity contribution in [3.8, 4) is 0 Å². The number of carbonyl (C=O) groups excluding carboxylic acids is 1. The van der Waals surface area contributed by atoms with Crippen LogP contribution in [0, 0.1) is 5.92 Å². The number of nitrogens with zero attached hydrogens (tertiary/aromatic N) is 2. The summed E-state index contributed by atoms with van der Waals surface area (Å²) in [5, 5.41) is 5.58. The van der Waals surface area contributed by atoms with Crippen LogP contribution in [0.3, 0.4) is 0 Å². The standard InChI is InChI=1S/C25H34N4O/c1-2-9-24-23(18-26-29(24)22-12-7-4-8-13-22)25(30)27-21-14-16-28(17-15-21)19-20-10-5-3-6-11-20/h3-8,10-13,21,23-24,26H,2,9,14-19H2,1H3,(H,27,30). The Morgan fingerprint density at radius 1 is 1.03 bits per heavy atom. The molecule has 0 saturated carbocycles. The molecule has 2 aliphatic heterocycles. The zero-order valence-electron chi connectivity index (χ0n) is 18.0. The number of rotatable bonds is 7. The quantitative estimate of drug-likeness (QED) is 0.738. The summed E-state index contributed by atoms with van der Waals surface area (Å²) >= 11 is 0. The van der Waals surface area contributed by atoms with E-state index in [9.17, 15) is 4.79 Å². The van der Waals surface area contributed by atoms with E-state index in [2.05, 4.69) is 82.2 Å². The summed E-state index contributed by atoms with van der Waals surface area (Å²) in [6.07, 6.45) is 4.13. The van der Waals surface area contributed by atoms with Crippen LogP contribution >= 0.6 is 0 Å². The normalized spacial score (nSPS) is 22.9. The molecule has 5 heteroatoms. The summed E-state index contributed by atoms with van der Waals surface area (Å²) in [6, 6.07) is 21.5. The summed E-state index contributed by atoms with van der Waals surface area (Å²) in [4.78, 5) is 15.6. The van der Waals surface area contributed by atoms with Gasteiger partial charge in [0.15, 0.2) is 0 Å². The Kier molecular flexibility index (Phi) is 7.03. The monoisotopic (exact) mass is 406 g/mol. The van der Waals surface area contributed by atoms with Gasteiger partial charge in [0.25, 0.3) is 0 Å². The summed E-state index contributed by atoms with van der Waals surface area (Å²) in [7, 11) is 0. The number of hydrogen-bond acceptors (Lipinski definition) is 4. The molecular weight excluding hydrogens is 372 g/mol. The second-order valence-electron chi connectivity index (χ2n) is 8.57. The molecule has 0 aromatic heterocycles. The molecule has 2 atom stereocenters. The molecule has 2 aromatic rings. The van der Waals surface area contributed by atoms with E-state index in [1.165, 1.54) is 5.56 Å². The number of anilines is 1. The average Bonchev–Trinajstić information content (AvgIpc) is 3.20. The summed E-state index contributed by atoms with van der Waals surface area (Å²) < 4.78 is 0. The second kappa shape index (κ2) is 10.1. The lowest BCUT2D eigenvalue weighted by Gasteiger charge is -2.33. The number of nitrogens with one attached hydrogen (secondary N) is 2. The van der Waals surface area contributed by atoms with Crippen LogP contribution in [0.25, 0.3) is 0 Å². The van der Waals surface area contributed by atoms with Gasteiger partial charge in [-0.25, -0.2) is 5.43 Å². The number of amides is 1. The van der Waals surface area contributed by atoms with Gasteiger partial charge in [0.2, 0.25) is 5.91 Å². The van der Waals surface area contributed by atoms with Gasteiger partial charge < -0.3 is 10.3 Å². The molecular formula is C25H34N4O. The van der Waals surface area contributed by atoms with Crippen molar-refractivity contribution in [3.63, 3.8) is 0 Å². The molecule has 30 heavy (non-hydrogen) atoms. The third-order valence-electron chi connectivity index (χ3n) is 6.42. The molecule has 2 aromatic carbocycles. The van der Waals surface area contributed by atoms with Crippen LogP contribution in [-0.2, 0) is 11.3 Å². The van der Waals surface area contributed by atoms with Crippen molar-refractivity contribution in [2.75, 3.05) is 24.6 Å². The van der Waals surface area contributed by atoms with Crippen molar-refractivity contribution >= 4 is 11.6 Å². The van der Waals surface area contributed by atoms with Gasteiger partial charge in [-0.05, 0) is 37.0 Å². The average molecular weight is 407 g/mol. The molecule has 160 valence electrons. The number of hydrazine groups is 1. The molecule has 2 aliphatic rings. The van der Waals surface area contributed by atoms with E-state index < -0.39 is 0 Å². The zero-order valence-corrected chi connectivity index (χ0v) is 18.0. The van der Waals surface area contributed by atoms with Gasteiger partial charge in [-0.1, -0.05) is 61.9 Å². The lowest BCUT2D eigenvalue weighted by molar-refractivity contribution is -0.125. The van der Waals surface area contributed by atoms with E-state index in [1.54, 1.807) is 0 Å². The SMILES string of the molecule is CCCC1C(C(=O)NC2CCN(Cc3ccccc3)CC2)CNN1c1ccccc1. The molecule has 2 fully saturated rings. The van der Waals surface area contributed by atoms with E-state index in [0.29, 0.717) is 6.54 Å². The minimum absolute atomic E-state index is 0.00694. The number of carbonyl (C=O) groups is 1. The maximum absolute atomic E-state index is 13.2. The smallest absolute Gasteiger partial charge is 0.226 e. The Morgan fingerprint density at radius 2 is 1.70 bits per heavy atom. The maximum Gasteiger partial charge on any atom is 0.226 e. The lowest BCUT2D eigenvalue weighted by Crippen LogP contribution is -2.48. The van der Waals surface area contributed by atoms with E-state index in [4.69, 9.17) is 0 Å². The predicted octanol–water partition coefficient (Wildman–Crippen LogP) is 3.58. The van der Waals surface area contributed by atoms with Crippen LogP contribution in [0.2, 0.25) is 0 Å². The number of likely N-dealkylation sites (tertiary alicyclic amines) is 1. The first kappa shape index (κ1) is 20.9. The first-order valence-electron chi connectivity index (χ1n) is 11.4. The molecule has 2 heterocycles. The van der Waals surface area contributed by atoms with E-state index >= 15 is 0 Å². The van der Waals surface area contributed by atoms with Crippen molar-refractivity contribution in [3.05, 3.63) is 66.2 Å². The molecule has 0 radical (unpaired) electrons. The zero-order chi connectivity index (χ0) is 20.8. The molecule has 2 saturated heterocycles. The Morgan fingerprint density at radius 3 is 2.37 bits per heavy atom. The van der Waals surface area contributed by atoms with Gasteiger partial charge in [-0.15, -0.1) is 0 Å². The number of para-hydroxylation sites is 1. The first-order valence-corrected chi connectivity index (χ1v) is 11.4. The van der Waals surface area contributed by atoms with Gasteiger partial charge in [0, 0.05) is 32.2 Å². The summed E-state index contributed by atoms with van der Waals surface area (Å²) in [5.74, 6) is 0.202. The molecule has 0 spiro atoms. The van der Waals surface area contributed by atoms with Gasteiger partial charge in [-0.3, -0.25) is 9.69 Å². The minimum atomic E-state index is -0.00694. The van der Waals surface area contributed by atoms with Crippen LogP contribution in [0.4, 0.5) is 5.69 Å². The molecule has 1 amide bonds. The molecule has 2 unspecified atom stereocenters. The number of piperidine rings is 1. The van der Waals surface area contributed by atoms with E-state index in [0.717, 1.165) is 51.0 Å². The van der Waals surface area contributed by atoms with Crippen LogP contribution in [0.15, 0.2) is 60.7 Å². The fraction of sp³-hybridized carbons (Fsp3) is 0.480. The molecule has 2 N–H and O–H groups in total. The van der Waals surface area contributed by atoms with Crippen molar-refractivity contribution in [2.24, 2.45) is 5.92 Å². The fourth-order valence-electron chi connectivity index (χ4n) is 4.78. The van der Waals surface area contributed by atoms with Gasteiger partial charge in [0.1, 0.15) is 0 Å². The number of benzene rings is 2. The van der Waals surface area contributed by atoms with Gasteiger partial charge >= 0.3 is 0 Å². The molecule has 0 aliphatic carbocycles. The maximum atomic E-state index is 13.2. The Balaban J connectivity index is 1.30. The fourth-order valence-corrected chi connectivity index (χ4v) is 4.78.